The van der Waals surface area contributed by atoms with Gasteiger partial charge in [0, 0.05) is 50.7 Å². The predicted molar refractivity (Wildman–Crippen MR) is 119 cm³/mol. The number of nitrogens with one attached hydrogen (secondary N) is 1. The summed E-state index contributed by atoms with van der Waals surface area (Å²) in [7, 11) is 0. The van der Waals surface area contributed by atoms with E-state index in [4.69, 9.17) is 9.72 Å². The van der Waals surface area contributed by atoms with Crippen molar-refractivity contribution in [2.24, 2.45) is 0 Å². The van der Waals surface area contributed by atoms with Crippen LogP contribution in [0.15, 0.2) is 48.9 Å². The van der Waals surface area contributed by atoms with E-state index in [0.29, 0.717) is 38.4 Å². The lowest BCUT2D eigenvalue weighted by atomic mass is 10.1. The van der Waals surface area contributed by atoms with Crippen LogP contribution in [-0.2, 0) is 14.3 Å². The van der Waals surface area contributed by atoms with Gasteiger partial charge in [-0.05, 0) is 12.8 Å². The minimum atomic E-state index is -0.306. The molecule has 2 fully saturated rings. The Morgan fingerprint density at radius 2 is 1.88 bits per heavy atom. The van der Waals surface area contributed by atoms with E-state index in [2.05, 4.69) is 10.3 Å². The van der Waals surface area contributed by atoms with Gasteiger partial charge in [-0.25, -0.2) is 4.98 Å². The number of nitrogens with zero attached hydrogens (tertiary/aromatic N) is 5. The molecule has 3 aromatic rings. The highest BCUT2D eigenvalue weighted by molar-refractivity contribution is 5.85. The molecule has 32 heavy (non-hydrogen) atoms. The van der Waals surface area contributed by atoms with Crippen LogP contribution in [0.2, 0.25) is 0 Å². The molecular weight excluding hydrogens is 408 g/mol. The van der Waals surface area contributed by atoms with Crippen LogP contribution in [0.4, 0.5) is 5.82 Å². The molecule has 1 unspecified atom stereocenters. The third kappa shape index (κ3) is 4.03. The molecule has 0 spiro atoms. The molecule has 2 aliphatic heterocycles. The van der Waals surface area contributed by atoms with Gasteiger partial charge in [0.25, 0.3) is 5.91 Å². The number of hydrogen-bond acceptors (Lipinski definition) is 6. The van der Waals surface area contributed by atoms with Crippen molar-refractivity contribution >= 4 is 23.3 Å². The number of aromatic nitrogens is 3. The molecule has 0 aliphatic carbocycles. The summed E-state index contributed by atoms with van der Waals surface area (Å²) in [5.41, 5.74) is 2.45. The quantitative estimate of drug-likeness (QED) is 0.657. The Balaban J connectivity index is 1.24. The SMILES string of the molecule is O=C(CNc1c(-c2ccccc2)nc2cnccn12)N1CCN(C(=O)C2CCCO2)CC1. The predicted octanol–water partition coefficient (Wildman–Crippen LogP) is 1.66. The summed E-state index contributed by atoms with van der Waals surface area (Å²) in [6, 6.07) is 9.87. The second-order valence-corrected chi connectivity index (χ2v) is 8.04. The Morgan fingerprint density at radius 1 is 1.09 bits per heavy atom. The highest BCUT2D eigenvalue weighted by Gasteiger charge is 2.31. The minimum absolute atomic E-state index is 0.00256. The van der Waals surface area contributed by atoms with Crippen molar-refractivity contribution in [1.82, 2.24) is 24.2 Å². The van der Waals surface area contributed by atoms with E-state index in [0.717, 1.165) is 29.9 Å². The van der Waals surface area contributed by atoms with Gasteiger partial charge in [-0.15, -0.1) is 0 Å². The summed E-state index contributed by atoms with van der Waals surface area (Å²) in [6.07, 6.45) is 6.65. The maximum absolute atomic E-state index is 12.9. The zero-order valence-electron chi connectivity index (χ0n) is 17.8. The molecule has 4 heterocycles. The molecule has 0 saturated carbocycles. The third-order valence-electron chi connectivity index (χ3n) is 6.03. The molecule has 9 heteroatoms. The summed E-state index contributed by atoms with van der Waals surface area (Å²) in [5.74, 6) is 0.811. The lowest BCUT2D eigenvalue weighted by molar-refractivity contribution is -0.145. The zero-order chi connectivity index (χ0) is 21.9. The number of imidazole rings is 1. The van der Waals surface area contributed by atoms with Crippen LogP contribution in [0.1, 0.15) is 12.8 Å². The lowest BCUT2D eigenvalue weighted by Crippen LogP contribution is -2.53. The number of fused-ring (bicyclic) bond motifs is 1. The maximum Gasteiger partial charge on any atom is 0.251 e. The monoisotopic (exact) mass is 434 g/mol. The molecule has 2 aliphatic rings. The smallest absolute Gasteiger partial charge is 0.251 e. The Hall–Kier alpha value is -3.46. The lowest BCUT2D eigenvalue weighted by Gasteiger charge is -2.35. The molecule has 166 valence electrons. The molecule has 2 saturated heterocycles. The molecule has 2 amide bonds. The van der Waals surface area contributed by atoms with E-state index in [9.17, 15) is 9.59 Å². The first-order valence-corrected chi connectivity index (χ1v) is 11.0. The molecular formula is C23H26N6O3. The van der Waals surface area contributed by atoms with E-state index in [-0.39, 0.29) is 24.5 Å². The maximum atomic E-state index is 12.9. The third-order valence-corrected chi connectivity index (χ3v) is 6.03. The van der Waals surface area contributed by atoms with Gasteiger partial charge in [-0.3, -0.25) is 19.0 Å². The Morgan fingerprint density at radius 3 is 2.62 bits per heavy atom. The number of amides is 2. The molecule has 0 radical (unpaired) electrons. The van der Waals surface area contributed by atoms with Crippen molar-refractivity contribution in [3.05, 3.63) is 48.9 Å². The van der Waals surface area contributed by atoms with Crippen molar-refractivity contribution in [2.45, 2.75) is 18.9 Å². The van der Waals surface area contributed by atoms with E-state index < -0.39 is 0 Å². The summed E-state index contributed by atoms with van der Waals surface area (Å²) in [6.45, 7) is 2.95. The highest BCUT2D eigenvalue weighted by atomic mass is 16.5. The van der Waals surface area contributed by atoms with E-state index in [1.54, 1.807) is 17.3 Å². The number of piperazine rings is 1. The Kier molecular flexibility index (Phi) is 5.72. The number of hydrogen-bond donors (Lipinski definition) is 1. The highest BCUT2D eigenvalue weighted by Crippen LogP contribution is 2.28. The molecule has 5 rings (SSSR count). The number of rotatable bonds is 5. The number of anilines is 1. The van der Waals surface area contributed by atoms with Crippen LogP contribution in [0.3, 0.4) is 0 Å². The van der Waals surface area contributed by atoms with Gasteiger partial charge in [0.1, 0.15) is 17.6 Å². The molecule has 1 atom stereocenters. The van der Waals surface area contributed by atoms with Gasteiger partial charge in [-0.1, -0.05) is 30.3 Å². The summed E-state index contributed by atoms with van der Waals surface area (Å²) >= 11 is 0. The molecule has 9 nitrogen and oxygen atoms in total. The van der Waals surface area contributed by atoms with Gasteiger partial charge in [0.2, 0.25) is 5.91 Å². The standard InChI is InChI=1S/C23H26N6O3/c30-20(27-10-12-28(13-11-27)23(31)18-7-4-14-32-18)16-25-22-21(17-5-2-1-3-6-17)26-19-15-24-8-9-29(19)22/h1-3,5-6,8-9,15,18,25H,4,7,10-14,16H2. The number of carbonyl (C=O) groups excluding carboxylic acids is 2. The van der Waals surface area contributed by atoms with E-state index >= 15 is 0 Å². The fourth-order valence-corrected chi connectivity index (χ4v) is 4.30. The molecule has 1 aromatic carbocycles. The fraction of sp³-hybridized carbons (Fsp3) is 0.391. The van der Waals surface area contributed by atoms with Crippen LogP contribution < -0.4 is 5.32 Å². The van der Waals surface area contributed by atoms with E-state index in [1.807, 2.05) is 45.8 Å². The number of carbonyl (C=O) groups is 2. The second kappa shape index (κ2) is 8.96. The first-order chi connectivity index (χ1) is 15.7. The van der Waals surface area contributed by atoms with Crippen molar-refractivity contribution in [3.8, 4) is 11.3 Å². The van der Waals surface area contributed by atoms with Crippen molar-refractivity contribution in [1.29, 1.82) is 0 Å². The van der Waals surface area contributed by atoms with Crippen molar-refractivity contribution < 1.29 is 14.3 Å². The van der Waals surface area contributed by atoms with Crippen LogP contribution in [0.5, 0.6) is 0 Å². The van der Waals surface area contributed by atoms with Gasteiger partial charge in [0.15, 0.2) is 5.65 Å². The van der Waals surface area contributed by atoms with Crippen molar-refractivity contribution in [2.75, 3.05) is 44.6 Å². The first kappa shape index (κ1) is 20.4. The largest absolute Gasteiger partial charge is 0.368 e. The average Bonchev–Trinajstić information content (AvgIpc) is 3.51. The summed E-state index contributed by atoms with van der Waals surface area (Å²) < 4.78 is 7.41. The Labute approximate surface area is 186 Å². The topological polar surface area (TPSA) is 92.1 Å². The first-order valence-electron chi connectivity index (χ1n) is 11.0. The van der Waals surface area contributed by atoms with Crippen LogP contribution in [0, 0.1) is 0 Å². The van der Waals surface area contributed by atoms with Crippen LogP contribution in [0.25, 0.3) is 16.9 Å². The van der Waals surface area contributed by atoms with Crippen molar-refractivity contribution in [3.63, 3.8) is 0 Å². The van der Waals surface area contributed by atoms with Gasteiger partial charge in [-0.2, -0.15) is 0 Å². The minimum Gasteiger partial charge on any atom is -0.368 e. The average molecular weight is 435 g/mol. The molecule has 0 bridgehead atoms. The number of benzene rings is 1. The van der Waals surface area contributed by atoms with Crippen LogP contribution in [-0.4, -0.2) is 81.4 Å². The second-order valence-electron chi connectivity index (χ2n) is 8.04. The van der Waals surface area contributed by atoms with Gasteiger partial charge < -0.3 is 19.9 Å². The summed E-state index contributed by atoms with van der Waals surface area (Å²) in [5, 5.41) is 3.29. The van der Waals surface area contributed by atoms with Crippen LogP contribution >= 0.6 is 0 Å². The zero-order valence-corrected chi connectivity index (χ0v) is 17.8. The van der Waals surface area contributed by atoms with E-state index in [1.165, 1.54) is 0 Å². The number of ether oxygens (including phenoxy) is 1. The van der Waals surface area contributed by atoms with Gasteiger partial charge in [0.05, 0.1) is 12.7 Å². The normalized spacial score (nSPS) is 18.8. The summed E-state index contributed by atoms with van der Waals surface area (Å²) in [4.78, 5) is 37.9. The Bertz CT molecular complexity index is 1100. The fourth-order valence-electron chi connectivity index (χ4n) is 4.30. The molecule has 1 N–H and O–H groups in total. The molecule has 2 aromatic heterocycles. The van der Waals surface area contributed by atoms with Gasteiger partial charge >= 0.3 is 0 Å².